The van der Waals surface area contributed by atoms with E-state index in [1.165, 1.54) is 22.3 Å². The Hall–Kier alpha value is -1.60. The summed E-state index contributed by atoms with van der Waals surface area (Å²) in [5.41, 5.74) is 5.69. The first-order valence-corrected chi connectivity index (χ1v) is 6.27. The van der Waals surface area contributed by atoms with Crippen LogP contribution < -0.4 is 0 Å². The Kier molecular flexibility index (Phi) is 2.69. The monoisotopic (exact) mass is 223 g/mol. The second-order valence-corrected chi connectivity index (χ2v) is 4.62. The summed E-state index contributed by atoms with van der Waals surface area (Å²) in [6.45, 7) is 5.45. The van der Waals surface area contributed by atoms with E-state index < -0.39 is 0 Å². The third kappa shape index (κ3) is 1.87. The van der Waals surface area contributed by atoms with E-state index in [1.807, 2.05) is 0 Å². The van der Waals surface area contributed by atoms with Crippen molar-refractivity contribution in [2.45, 2.75) is 20.0 Å². The molecule has 0 radical (unpaired) electrons. The number of rotatable bonds is 1. The Morgan fingerprint density at radius 1 is 0.824 bits per heavy atom. The highest BCUT2D eigenvalue weighted by Gasteiger charge is 2.17. The van der Waals surface area contributed by atoms with Gasteiger partial charge >= 0.3 is 0 Å². The van der Waals surface area contributed by atoms with Crippen molar-refractivity contribution < 1.29 is 0 Å². The summed E-state index contributed by atoms with van der Waals surface area (Å²) < 4.78 is 0. The fraction of sp³-hybridized carbons (Fsp3) is 0.250. The maximum Gasteiger partial charge on any atom is 0.0243 e. The van der Waals surface area contributed by atoms with E-state index in [2.05, 4.69) is 60.4 Å². The molecule has 1 heteroatoms. The molecule has 0 saturated heterocycles. The van der Waals surface area contributed by atoms with Crippen LogP contribution >= 0.6 is 0 Å². The topological polar surface area (TPSA) is 3.24 Å². The molecule has 86 valence electrons. The highest BCUT2D eigenvalue weighted by molar-refractivity contribution is 5.71. The summed E-state index contributed by atoms with van der Waals surface area (Å²) in [7, 11) is 0. The van der Waals surface area contributed by atoms with E-state index in [1.54, 1.807) is 0 Å². The van der Waals surface area contributed by atoms with E-state index in [-0.39, 0.29) is 0 Å². The maximum atomic E-state index is 2.49. The van der Waals surface area contributed by atoms with Gasteiger partial charge in [-0.15, -0.1) is 0 Å². The highest BCUT2D eigenvalue weighted by Crippen LogP contribution is 2.31. The lowest BCUT2D eigenvalue weighted by molar-refractivity contribution is 0.274. The average molecular weight is 223 g/mol. The van der Waals surface area contributed by atoms with Gasteiger partial charge in [-0.3, -0.25) is 4.90 Å². The van der Waals surface area contributed by atoms with E-state index in [0.29, 0.717) is 0 Å². The minimum absolute atomic E-state index is 1.06. The molecule has 1 aliphatic rings. The summed E-state index contributed by atoms with van der Waals surface area (Å²) >= 11 is 0. The van der Waals surface area contributed by atoms with Crippen molar-refractivity contribution in [2.75, 3.05) is 6.54 Å². The molecule has 0 bridgehead atoms. The minimum Gasteiger partial charge on any atom is -0.295 e. The first kappa shape index (κ1) is 10.5. The van der Waals surface area contributed by atoms with Crippen LogP contribution in [0.5, 0.6) is 0 Å². The van der Waals surface area contributed by atoms with Crippen molar-refractivity contribution in [2.24, 2.45) is 0 Å². The van der Waals surface area contributed by atoms with Gasteiger partial charge in [-0.25, -0.2) is 0 Å². The van der Waals surface area contributed by atoms with Crippen LogP contribution in [-0.2, 0) is 13.1 Å². The largest absolute Gasteiger partial charge is 0.295 e. The van der Waals surface area contributed by atoms with Crippen LogP contribution in [0.2, 0.25) is 0 Å². The zero-order chi connectivity index (χ0) is 11.7. The van der Waals surface area contributed by atoms with E-state index in [4.69, 9.17) is 0 Å². The summed E-state index contributed by atoms with van der Waals surface area (Å²) in [4.78, 5) is 2.49. The second-order valence-electron chi connectivity index (χ2n) is 4.62. The van der Waals surface area contributed by atoms with Crippen molar-refractivity contribution in [1.29, 1.82) is 0 Å². The first-order chi connectivity index (χ1) is 8.38. The van der Waals surface area contributed by atoms with Gasteiger partial charge in [-0.2, -0.15) is 0 Å². The lowest BCUT2D eigenvalue weighted by atomic mass is 9.97. The molecule has 0 spiro atoms. The fourth-order valence-corrected chi connectivity index (χ4v) is 2.60. The third-order valence-corrected chi connectivity index (χ3v) is 3.56. The van der Waals surface area contributed by atoms with Gasteiger partial charge in [0.2, 0.25) is 0 Å². The van der Waals surface area contributed by atoms with E-state index >= 15 is 0 Å². The summed E-state index contributed by atoms with van der Waals surface area (Å²) in [5.74, 6) is 0. The summed E-state index contributed by atoms with van der Waals surface area (Å²) in [5, 5.41) is 0. The number of hydrogen-bond acceptors (Lipinski definition) is 1. The molecular formula is C16H17N. The maximum absolute atomic E-state index is 2.49. The molecule has 2 aromatic carbocycles. The summed E-state index contributed by atoms with van der Waals surface area (Å²) in [6.07, 6.45) is 0. The van der Waals surface area contributed by atoms with Gasteiger partial charge in [-0.05, 0) is 28.8 Å². The quantitative estimate of drug-likeness (QED) is 0.712. The normalized spacial score (nSPS) is 14.9. The van der Waals surface area contributed by atoms with Gasteiger partial charge in [0.05, 0.1) is 0 Å². The second kappa shape index (κ2) is 4.34. The average Bonchev–Trinajstić information content (AvgIpc) is 2.55. The van der Waals surface area contributed by atoms with Gasteiger partial charge in [0.25, 0.3) is 0 Å². The third-order valence-electron chi connectivity index (χ3n) is 3.56. The molecule has 0 fully saturated rings. The van der Waals surface area contributed by atoms with Crippen LogP contribution in [0.15, 0.2) is 48.5 Å². The molecule has 1 heterocycles. The Morgan fingerprint density at radius 3 is 1.76 bits per heavy atom. The Labute approximate surface area is 103 Å². The molecule has 0 N–H and O–H groups in total. The Morgan fingerprint density at radius 2 is 1.29 bits per heavy atom. The lowest BCUT2D eigenvalue weighted by Gasteiger charge is -2.18. The number of benzene rings is 2. The van der Waals surface area contributed by atoms with Gasteiger partial charge < -0.3 is 0 Å². The molecule has 0 atom stereocenters. The molecule has 0 aromatic heterocycles. The molecule has 1 nitrogen and oxygen atoms in total. The van der Waals surface area contributed by atoms with Crippen molar-refractivity contribution in [3.63, 3.8) is 0 Å². The zero-order valence-electron chi connectivity index (χ0n) is 10.2. The number of nitrogens with zero attached hydrogens (tertiary/aromatic N) is 1. The smallest absolute Gasteiger partial charge is 0.0243 e. The van der Waals surface area contributed by atoms with E-state index in [0.717, 1.165) is 19.6 Å². The SMILES string of the molecule is CCN1Cc2ccccc2-c2ccccc2C1. The number of fused-ring (bicyclic) bond motifs is 3. The molecule has 3 rings (SSSR count). The van der Waals surface area contributed by atoms with Crippen LogP contribution in [0.25, 0.3) is 11.1 Å². The molecule has 2 aromatic rings. The van der Waals surface area contributed by atoms with Crippen LogP contribution in [0, 0.1) is 0 Å². The van der Waals surface area contributed by atoms with Crippen molar-refractivity contribution in [3.05, 3.63) is 59.7 Å². The molecule has 0 saturated carbocycles. The predicted octanol–water partition coefficient (Wildman–Crippen LogP) is 3.69. The fourth-order valence-electron chi connectivity index (χ4n) is 2.60. The van der Waals surface area contributed by atoms with Crippen molar-refractivity contribution >= 4 is 0 Å². The van der Waals surface area contributed by atoms with Crippen molar-refractivity contribution in [1.82, 2.24) is 4.90 Å². The Bertz CT molecular complexity index is 483. The van der Waals surface area contributed by atoms with Crippen LogP contribution in [0.3, 0.4) is 0 Å². The Balaban J connectivity index is 2.20. The zero-order valence-corrected chi connectivity index (χ0v) is 10.2. The highest BCUT2D eigenvalue weighted by atomic mass is 15.1. The lowest BCUT2D eigenvalue weighted by Crippen LogP contribution is -2.20. The van der Waals surface area contributed by atoms with Crippen LogP contribution in [0.4, 0.5) is 0 Å². The van der Waals surface area contributed by atoms with Crippen LogP contribution in [-0.4, -0.2) is 11.4 Å². The molecule has 0 aliphatic carbocycles. The number of hydrogen-bond donors (Lipinski definition) is 0. The standard InChI is InChI=1S/C16H17N/c1-2-17-11-13-7-3-5-9-15(13)16-10-6-4-8-14(16)12-17/h3-10H,2,11-12H2,1H3. The van der Waals surface area contributed by atoms with E-state index in [9.17, 15) is 0 Å². The predicted molar refractivity (Wildman–Crippen MR) is 71.7 cm³/mol. The minimum atomic E-state index is 1.06. The molecule has 0 unspecified atom stereocenters. The summed E-state index contributed by atoms with van der Waals surface area (Å²) in [6, 6.07) is 17.5. The van der Waals surface area contributed by atoms with Crippen molar-refractivity contribution in [3.8, 4) is 11.1 Å². The van der Waals surface area contributed by atoms with Gasteiger partial charge in [0.15, 0.2) is 0 Å². The van der Waals surface area contributed by atoms with Crippen LogP contribution in [0.1, 0.15) is 18.1 Å². The van der Waals surface area contributed by atoms with Gasteiger partial charge in [-0.1, -0.05) is 55.5 Å². The molecule has 1 aliphatic heterocycles. The van der Waals surface area contributed by atoms with Gasteiger partial charge in [0, 0.05) is 13.1 Å². The van der Waals surface area contributed by atoms with Gasteiger partial charge in [0.1, 0.15) is 0 Å². The molecule has 17 heavy (non-hydrogen) atoms. The molecule has 0 amide bonds. The molecular weight excluding hydrogens is 206 g/mol. The first-order valence-electron chi connectivity index (χ1n) is 6.27.